The number of aryl methyl sites for hydroxylation is 1. The van der Waals surface area contributed by atoms with Crippen LogP contribution >= 0.6 is 0 Å². The molecular formula is C21H27FN4O3. The molecule has 1 unspecified atom stereocenters. The molecule has 0 spiro atoms. The van der Waals surface area contributed by atoms with E-state index >= 15 is 0 Å². The Labute approximate surface area is 169 Å². The van der Waals surface area contributed by atoms with E-state index in [1.165, 1.54) is 16.8 Å². The van der Waals surface area contributed by atoms with Crippen LogP contribution in [0.5, 0.6) is 0 Å². The van der Waals surface area contributed by atoms with Crippen molar-refractivity contribution in [3.63, 3.8) is 0 Å². The predicted molar refractivity (Wildman–Crippen MR) is 108 cm³/mol. The van der Waals surface area contributed by atoms with Crippen LogP contribution in [0.25, 0.3) is 5.69 Å². The Hall–Kier alpha value is -2.58. The third kappa shape index (κ3) is 5.27. The van der Waals surface area contributed by atoms with Crippen molar-refractivity contribution in [3.8, 4) is 5.69 Å². The van der Waals surface area contributed by atoms with Gasteiger partial charge in [-0.1, -0.05) is 26.0 Å². The highest BCUT2D eigenvalue weighted by Gasteiger charge is 2.23. The van der Waals surface area contributed by atoms with Gasteiger partial charge in [-0.3, -0.25) is 14.5 Å². The van der Waals surface area contributed by atoms with Crippen LogP contribution in [0.1, 0.15) is 30.0 Å². The summed E-state index contributed by atoms with van der Waals surface area (Å²) in [5.74, 6) is -0.527. The third-order valence-corrected chi connectivity index (χ3v) is 4.74. The number of morpholine rings is 1. The second-order valence-electron chi connectivity index (χ2n) is 7.72. The first kappa shape index (κ1) is 21.1. The van der Waals surface area contributed by atoms with E-state index in [-0.39, 0.29) is 24.0 Å². The van der Waals surface area contributed by atoms with Gasteiger partial charge in [0, 0.05) is 37.9 Å². The lowest BCUT2D eigenvalue weighted by molar-refractivity contribution is -0.0296. The molecule has 0 radical (unpaired) electrons. The zero-order valence-electron chi connectivity index (χ0n) is 17.0. The second-order valence-corrected chi connectivity index (χ2v) is 7.72. The highest BCUT2D eigenvalue weighted by molar-refractivity contribution is 5.92. The summed E-state index contributed by atoms with van der Waals surface area (Å²) in [4.78, 5) is 27.2. The first-order valence-corrected chi connectivity index (χ1v) is 9.83. The Bertz CT molecular complexity index is 928. The number of aromatic nitrogens is 2. The van der Waals surface area contributed by atoms with Gasteiger partial charge in [-0.25, -0.2) is 9.07 Å². The molecule has 0 aliphatic carbocycles. The lowest BCUT2D eigenvalue weighted by Gasteiger charge is -2.33. The van der Waals surface area contributed by atoms with Gasteiger partial charge in [-0.15, -0.1) is 0 Å². The van der Waals surface area contributed by atoms with Gasteiger partial charge in [0.05, 0.1) is 12.7 Å². The van der Waals surface area contributed by atoms with Crippen LogP contribution in [0.2, 0.25) is 0 Å². The molecule has 7 nitrogen and oxygen atoms in total. The van der Waals surface area contributed by atoms with Crippen LogP contribution in [0, 0.1) is 18.7 Å². The van der Waals surface area contributed by atoms with E-state index in [4.69, 9.17) is 4.74 Å². The zero-order chi connectivity index (χ0) is 21.0. The summed E-state index contributed by atoms with van der Waals surface area (Å²) in [6.07, 6.45) is -0.148. The molecule has 29 heavy (non-hydrogen) atoms. The lowest BCUT2D eigenvalue weighted by atomic mass is 10.2. The number of carbonyl (C=O) groups excluding carboxylic acids is 1. The number of rotatable bonds is 6. The monoisotopic (exact) mass is 402 g/mol. The molecular weight excluding hydrogens is 375 g/mol. The van der Waals surface area contributed by atoms with Crippen molar-refractivity contribution in [1.29, 1.82) is 0 Å². The number of halogens is 1. The molecule has 1 fully saturated rings. The number of carbonyl (C=O) groups is 1. The van der Waals surface area contributed by atoms with Crippen LogP contribution in [0.15, 0.2) is 35.1 Å². The lowest BCUT2D eigenvalue weighted by Crippen LogP contribution is -2.48. The Morgan fingerprint density at radius 2 is 2.14 bits per heavy atom. The number of benzene rings is 1. The second kappa shape index (κ2) is 9.28. The van der Waals surface area contributed by atoms with E-state index in [1.807, 2.05) is 0 Å². The Kier molecular flexibility index (Phi) is 6.76. The summed E-state index contributed by atoms with van der Waals surface area (Å²) in [5.41, 5.74) is -0.150. The fraction of sp³-hybridized carbons (Fsp3) is 0.476. The van der Waals surface area contributed by atoms with Gasteiger partial charge >= 0.3 is 0 Å². The van der Waals surface area contributed by atoms with Gasteiger partial charge in [-0.05, 0) is 25.0 Å². The number of ether oxygens (including phenoxy) is 1. The van der Waals surface area contributed by atoms with Crippen LogP contribution in [0.4, 0.5) is 4.39 Å². The molecule has 2 aromatic rings. The molecule has 1 aromatic carbocycles. The van der Waals surface area contributed by atoms with Gasteiger partial charge in [0.2, 0.25) is 5.43 Å². The van der Waals surface area contributed by atoms with Crippen LogP contribution in [-0.4, -0.2) is 59.5 Å². The molecule has 1 atom stereocenters. The maximum Gasteiger partial charge on any atom is 0.275 e. The van der Waals surface area contributed by atoms with Gasteiger partial charge in [0.1, 0.15) is 11.5 Å². The van der Waals surface area contributed by atoms with Crippen molar-refractivity contribution in [1.82, 2.24) is 20.0 Å². The third-order valence-electron chi connectivity index (χ3n) is 4.74. The van der Waals surface area contributed by atoms with Crippen LogP contribution in [-0.2, 0) is 4.74 Å². The molecule has 8 heteroatoms. The zero-order valence-corrected chi connectivity index (χ0v) is 17.0. The molecule has 1 amide bonds. The summed E-state index contributed by atoms with van der Waals surface area (Å²) in [7, 11) is 0. The van der Waals surface area contributed by atoms with Gasteiger partial charge in [0.25, 0.3) is 5.91 Å². The number of amides is 1. The minimum absolute atomic E-state index is 0.148. The first-order valence-electron chi connectivity index (χ1n) is 9.83. The minimum atomic E-state index is -0.593. The topological polar surface area (TPSA) is 76.5 Å². The van der Waals surface area contributed by atoms with E-state index in [0.29, 0.717) is 18.2 Å². The maximum absolute atomic E-state index is 14.1. The maximum atomic E-state index is 14.1. The highest BCUT2D eigenvalue weighted by atomic mass is 19.1. The van der Waals surface area contributed by atoms with Gasteiger partial charge in [0.15, 0.2) is 5.69 Å². The van der Waals surface area contributed by atoms with E-state index in [9.17, 15) is 14.0 Å². The largest absolute Gasteiger partial charge is 0.374 e. The van der Waals surface area contributed by atoms with Crippen LogP contribution in [0.3, 0.4) is 0 Å². The summed E-state index contributed by atoms with van der Waals surface area (Å²) < 4.78 is 21.1. The van der Waals surface area contributed by atoms with Crippen molar-refractivity contribution in [2.24, 2.45) is 5.92 Å². The van der Waals surface area contributed by atoms with E-state index < -0.39 is 17.2 Å². The SMILES string of the molecule is Cc1cc(=O)c(C(=O)NCC2CN(CC(C)C)CCO2)nn1-c1ccccc1F. The normalized spacial score (nSPS) is 17.5. The number of nitrogens with zero attached hydrogens (tertiary/aromatic N) is 3. The Balaban J connectivity index is 1.72. The first-order chi connectivity index (χ1) is 13.8. The van der Waals surface area contributed by atoms with Crippen molar-refractivity contribution in [2.75, 3.05) is 32.8 Å². The van der Waals surface area contributed by atoms with E-state index in [2.05, 4.69) is 29.2 Å². The van der Waals surface area contributed by atoms with Crippen molar-refractivity contribution in [2.45, 2.75) is 26.9 Å². The van der Waals surface area contributed by atoms with Gasteiger partial charge in [-0.2, -0.15) is 5.10 Å². The van der Waals surface area contributed by atoms with Crippen molar-refractivity contribution in [3.05, 3.63) is 57.8 Å². The molecule has 2 heterocycles. The number of para-hydroxylation sites is 1. The summed E-state index contributed by atoms with van der Waals surface area (Å²) in [6, 6.07) is 7.37. The smallest absolute Gasteiger partial charge is 0.275 e. The Morgan fingerprint density at radius 3 is 2.86 bits per heavy atom. The number of hydrogen-bond donors (Lipinski definition) is 1. The summed E-state index contributed by atoms with van der Waals surface area (Å²) in [5, 5.41) is 6.86. The quantitative estimate of drug-likeness (QED) is 0.797. The molecule has 1 aliphatic rings. The fourth-order valence-electron chi connectivity index (χ4n) is 3.45. The Morgan fingerprint density at radius 1 is 1.38 bits per heavy atom. The molecule has 0 saturated carbocycles. The molecule has 1 aliphatic heterocycles. The van der Waals surface area contributed by atoms with E-state index in [1.54, 1.807) is 25.1 Å². The molecule has 0 bridgehead atoms. The highest BCUT2D eigenvalue weighted by Crippen LogP contribution is 2.13. The van der Waals surface area contributed by atoms with Crippen molar-refractivity contribution >= 4 is 5.91 Å². The average Bonchev–Trinajstić information content (AvgIpc) is 2.67. The molecule has 3 rings (SSSR count). The molecule has 156 valence electrons. The predicted octanol–water partition coefficient (Wildman–Crippen LogP) is 1.77. The summed E-state index contributed by atoms with van der Waals surface area (Å²) >= 11 is 0. The number of nitrogens with one attached hydrogen (secondary N) is 1. The van der Waals surface area contributed by atoms with Crippen molar-refractivity contribution < 1.29 is 13.9 Å². The van der Waals surface area contributed by atoms with Gasteiger partial charge < -0.3 is 10.1 Å². The summed E-state index contributed by atoms with van der Waals surface area (Å²) in [6.45, 7) is 9.42. The molecule has 1 aromatic heterocycles. The molecule has 1 N–H and O–H groups in total. The number of hydrogen-bond acceptors (Lipinski definition) is 5. The minimum Gasteiger partial charge on any atom is -0.374 e. The average molecular weight is 402 g/mol. The fourth-order valence-corrected chi connectivity index (χ4v) is 3.45. The van der Waals surface area contributed by atoms with E-state index in [0.717, 1.165) is 19.6 Å². The standard InChI is InChI=1S/C21H27FN4O3/c1-14(2)12-25-8-9-29-16(13-25)11-23-21(28)20-19(27)10-15(3)26(24-20)18-7-5-4-6-17(18)22/h4-7,10,14,16H,8-9,11-13H2,1-3H3,(H,23,28). The molecule has 1 saturated heterocycles. The van der Waals surface area contributed by atoms with Crippen LogP contribution < -0.4 is 10.7 Å².